The Morgan fingerprint density at radius 3 is 2.81 bits per heavy atom. The molecule has 1 aromatic rings. The minimum atomic E-state index is -0.864. The number of fused-ring (bicyclic) bond motifs is 1. The number of nitrogens with zero attached hydrogens (tertiary/aromatic N) is 3. The number of carboxylic acids is 1. The van der Waals surface area contributed by atoms with E-state index >= 15 is 0 Å². The predicted molar refractivity (Wildman–Crippen MR) is 75.5 cm³/mol. The molecule has 0 unspecified atom stereocenters. The smallest absolute Gasteiger partial charge is 0.326 e. The lowest BCUT2D eigenvalue weighted by molar-refractivity contribution is -0.150. The lowest BCUT2D eigenvalue weighted by Gasteiger charge is -2.33. The van der Waals surface area contributed by atoms with Crippen LogP contribution in [0.25, 0.3) is 0 Å². The zero-order valence-electron chi connectivity index (χ0n) is 12.0. The Hall–Kier alpha value is -1.85. The fourth-order valence-corrected chi connectivity index (χ4v) is 3.81. The van der Waals surface area contributed by atoms with E-state index in [0.29, 0.717) is 25.3 Å². The molecule has 0 bridgehead atoms. The molecule has 1 aliphatic heterocycles. The third kappa shape index (κ3) is 2.80. The van der Waals surface area contributed by atoms with Gasteiger partial charge < -0.3 is 10.0 Å². The molecular formula is C15H21N3O3. The summed E-state index contributed by atoms with van der Waals surface area (Å²) in [6, 6.07) is 1.31. The molecule has 3 atom stereocenters. The Kier molecular flexibility index (Phi) is 3.94. The molecule has 1 amide bonds. The van der Waals surface area contributed by atoms with Crippen molar-refractivity contribution in [3.05, 3.63) is 18.5 Å². The van der Waals surface area contributed by atoms with Crippen LogP contribution >= 0.6 is 0 Å². The highest BCUT2D eigenvalue weighted by atomic mass is 16.4. The predicted octanol–water partition coefficient (Wildman–Crippen LogP) is 1.52. The Morgan fingerprint density at radius 1 is 1.29 bits per heavy atom. The number of hydrogen-bond acceptors (Lipinski definition) is 3. The molecular weight excluding hydrogens is 270 g/mol. The summed E-state index contributed by atoms with van der Waals surface area (Å²) in [5.74, 6) is -0.544. The number of carboxylic acid groups (broad SMARTS) is 1. The average molecular weight is 291 g/mol. The Labute approximate surface area is 123 Å². The average Bonchev–Trinajstić information content (AvgIpc) is 3.11. The molecule has 1 saturated carbocycles. The van der Waals surface area contributed by atoms with Crippen LogP contribution in [-0.4, -0.2) is 43.7 Å². The SMILES string of the molecule is O=C(O)[C@@H]1C[C@@H]2CCCC[C@H]2N1C(=O)CCn1cccn1. The molecule has 114 valence electrons. The van der Waals surface area contributed by atoms with E-state index < -0.39 is 12.0 Å². The molecule has 6 nitrogen and oxygen atoms in total. The summed E-state index contributed by atoms with van der Waals surface area (Å²) in [5.41, 5.74) is 0. The Bertz CT molecular complexity index is 514. The maximum Gasteiger partial charge on any atom is 0.326 e. The number of aliphatic carboxylic acids is 1. The summed E-state index contributed by atoms with van der Waals surface area (Å²) in [6.45, 7) is 0.506. The van der Waals surface area contributed by atoms with Crippen LogP contribution in [0.1, 0.15) is 38.5 Å². The van der Waals surface area contributed by atoms with Crippen molar-refractivity contribution >= 4 is 11.9 Å². The molecule has 2 heterocycles. The zero-order chi connectivity index (χ0) is 14.8. The summed E-state index contributed by atoms with van der Waals surface area (Å²) < 4.78 is 1.71. The minimum Gasteiger partial charge on any atom is -0.480 e. The van der Waals surface area contributed by atoms with E-state index in [0.717, 1.165) is 25.7 Å². The van der Waals surface area contributed by atoms with Gasteiger partial charge >= 0.3 is 5.97 Å². The number of aryl methyl sites for hydroxylation is 1. The number of aromatic nitrogens is 2. The third-order valence-corrected chi connectivity index (χ3v) is 4.78. The maximum absolute atomic E-state index is 12.5. The molecule has 1 aromatic heterocycles. The van der Waals surface area contributed by atoms with Crippen molar-refractivity contribution in [2.75, 3.05) is 0 Å². The topological polar surface area (TPSA) is 75.4 Å². The van der Waals surface area contributed by atoms with Gasteiger partial charge in [-0.05, 0) is 31.2 Å². The second-order valence-electron chi connectivity index (χ2n) is 6.02. The van der Waals surface area contributed by atoms with Gasteiger partial charge in [0.2, 0.25) is 5.91 Å². The van der Waals surface area contributed by atoms with Gasteiger partial charge in [-0.2, -0.15) is 5.10 Å². The number of hydrogen-bond donors (Lipinski definition) is 1. The minimum absolute atomic E-state index is 0.0488. The van der Waals surface area contributed by atoms with Crippen molar-refractivity contribution < 1.29 is 14.7 Å². The maximum atomic E-state index is 12.5. The van der Waals surface area contributed by atoms with Crippen LogP contribution in [0.3, 0.4) is 0 Å². The number of rotatable bonds is 4. The van der Waals surface area contributed by atoms with E-state index in [4.69, 9.17) is 0 Å². The zero-order valence-corrected chi connectivity index (χ0v) is 12.0. The molecule has 1 N–H and O–H groups in total. The molecule has 6 heteroatoms. The van der Waals surface area contributed by atoms with Crippen molar-refractivity contribution in [2.45, 2.75) is 57.2 Å². The van der Waals surface area contributed by atoms with Gasteiger partial charge in [0.25, 0.3) is 0 Å². The number of carbonyl (C=O) groups is 2. The normalized spacial score (nSPS) is 28.4. The van der Waals surface area contributed by atoms with Crippen LogP contribution in [-0.2, 0) is 16.1 Å². The molecule has 0 aromatic carbocycles. The fourth-order valence-electron chi connectivity index (χ4n) is 3.81. The standard InChI is InChI=1S/C15H21N3O3/c19-14(6-9-17-8-3-7-16-17)18-12-5-2-1-4-11(12)10-13(18)15(20)21/h3,7-8,11-13H,1-2,4-6,9-10H2,(H,20,21)/t11-,12+,13-/m0/s1. The van der Waals surface area contributed by atoms with Crippen LogP contribution in [0.15, 0.2) is 18.5 Å². The van der Waals surface area contributed by atoms with Crippen LogP contribution < -0.4 is 0 Å². The quantitative estimate of drug-likeness (QED) is 0.912. The second-order valence-corrected chi connectivity index (χ2v) is 6.02. The van der Waals surface area contributed by atoms with Gasteiger partial charge in [-0.15, -0.1) is 0 Å². The van der Waals surface area contributed by atoms with Gasteiger partial charge in [-0.25, -0.2) is 4.79 Å². The van der Waals surface area contributed by atoms with Crippen molar-refractivity contribution in [2.24, 2.45) is 5.92 Å². The summed E-state index contributed by atoms with van der Waals surface area (Å²) in [6.07, 6.45) is 8.67. The summed E-state index contributed by atoms with van der Waals surface area (Å²) in [5, 5.41) is 13.5. The molecule has 1 aliphatic carbocycles. The van der Waals surface area contributed by atoms with E-state index in [2.05, 4.69) is 5.10 Å². The summed E-state index contributed by atoms with van der Waals surface area (Å²) in [7, 11) is 0. The van der Waals surface area contributed by atoms with E-state index in [1.54, 1.807) is 15.8 Å². The van der Waals surface area contributed by atoms with Gasteiger partial charge in [0, 0.05) is 31.4 Å². The first-order chi connectivity index (χ1) is 10.2. The van der Waals surface area contributed by atoms with Gasteiger partial charge in [-0.1, -0.05) is 12.8 Å². The monoisotopic (exact) mass is 291 g/mol. The molecule has 21 heavy (non-hydrogen) atoms. The van der Waals surface area contributed by atoms with Crippen molar-refractivity contribution in [3.63, 3.8) is 0 Å². The van der Waals surface area contributed by atoms with Crippen molar-refractivity contribution in [1.82, 2.24) is 14.7 Å². The van der Waals surface area contributed by atoms with Crippen molar-refractivity contribution in [3.8, 4) is 0 Å². The third-order valence-electron chi connectivity index (χ3n) is 4.78. The van der Waals surface area contributed by atoms with E-state index in [1.165, 1.54) is 0 Å². The molecule has 2 aliphatic rings. The highest BCUT2D eigenvalue weighted by Crippen LogP contribution is 2.40. The van der Waals surface area contributed by atoms with Crippen molar-refractivity contribution in [1.29, 1.82) is 0 Å². The van der Waals surface area contributed by atoms with Gasteiger partial charge in [0.05, 0.1) is 0 Å². The van der Waals surface area contributed by atoms with Gasteiger partial charge in [0.1, 0.15) is 6.04 Å². The van der Waals surface area contributed by atoms with E-state index in [9.17, 15) is 14.7 Å². The first-order valence-corrected chi connectivity index (χ1v) is 7.68. The highest BCUT2D eigenvalue weighted by Gasteiger charge is 2.47. The second kappa shape index (κ2) is 5.87. The highest BCUT2D eigenvalue weighted by molar-refractivity contribution is 5.84. The lowest BCUT2D eigenvalue weighted by Crippen LogP contribution is -2.46. The first kappa shape index (κ1) is 14.1. The number of amides is 1. The van der Waals surface area contributed by atoms with Gasteiger partial charge in [-0.3, -0.25) is 9.48 Å². The summed E-state index contributed by atoms with van der Waals surface area (Å²) in [4.78, 5) is 25.7. The first-order valence-electron chi connectivity index (χ1n) is 7.68. The molecule has 0 radical (unpaired) electrons. The van der Waals surface area contributed by atoms with Crippen LogP contribution in [0.4, 0.5) is 0 Å². The van der Waals surface area contributed by atoms with Crippen LogP contribution in [0.5, 0.6) is 0 Å². The molecule has 0 spiro atoms. The molecule has 3 rings (SSSR count). The molecule has 1 saturated heterocycles. The fraction of sp³-hybridized carbons (Fsp3) is 0.667. The number of carbonyl (C=O) groups excluding carboxylic acids is 1. The molecule has 2 fully saturated rings. The van der Waals surface area contributed by atoms with Crippen LogP contribution in [0.2, 0.25) is 0 Å². The van der Waals surface area contributed by atoms with E-state index in [-0.39, 0.29) is 11.9 Å². The number of likely N-dealkylation sites (tertiary alicyclic amines) is 1. The Morgan fingerprint density at radius 2 is 2.10 bits per heavy atom. The van der Waals surface area contributed by atoms with E-state index in [1.807, 2.05) is 12.3 Å². The van der Waals surface area contributed by atoms with Crippen LogP contribution in [0, 0.1) is 5.92 Å². The summed E-state index contributed by atoms with van der Waals surface area (Å²) >= 11 is 0. The largest absolute Gasteiger partial charge is 0.480 e. The Balaban J connectivity index is 1.70. The van der Waals surface area contributed by atoms with Gasteiger partial charge in [0.15, 0.2) is 0 Å². The lowest BCUT2D eigenvalue weighted by atomic mass is 9.84.